The van der Waals surface area contributed by atoms with E-state index in [1.807, 2.05) is 0 Å². The summed E-state index contributed by atoms with van der Waals surface area (Å²) in [7, 11) is 2.22. The number of rotatable bonds is 4. The molecule has 23 heavy (non-hydrogen) atoms. The molecule has 0 aliphatic carbocycles. The van der Waals surface area contributed by atoms with E-state index in [0.717, 1.165) is 51.5 Å². The largest absolute Gasteiger partial charge is 0.337 e. The highest BCUT2D eigenvalue weighted by molar-refractivity contribution is 14.1. The highest BCUT2D eigenvalue weighted by atomic mass is 127. The molecule has 0 aromatic carbocycles. The molecule has 3 rings (SSSR count). The van der Waals surface area contributed by atoms with E-state index in [1.54, 1.807) is 0 Å². The summed E-state index contributed by atoms with van der Waals surface area (Å²) in [6.45, 7) is 8.50. The van der Waals surface area contributed by atoms with Crippen LogP contribution in [0.2, 0.25) is 0 Å². The molecule has 0 aromatic rings. The molecule has 0 radical (unpaired) electrons. The maximum absolute atomic E-state index is 12.5. The van der Waals surface area contributed by atoms with Crippen molar-refractivity contribution in [2.24, 2.45) is 5.92 Å². The second-order valence-corrected chi connectivity index (χ2v) is 8.90. The summed E-state index contributed by atoms with van der Waals surface area (Å²) in [6, 6.07) is 0.490. The molecular formula is C17H31IN4O. The van der Waals surface area contributed by atoms with Crippen LogP contribution in [0, 0.1) is 5.92 Å². The van der Waals surface area contributed by atoms with Crippen molar-refractivity contribution in [1.29, 1.82) is 0 Å². The number of hydrogen-bond donors (Lipinski definition) is 0. The van der Waals surface area contributed by atoms with Crippen LogP contribution in [0.25, 0.3) is 0 Å². The number of hydrogen-bond acceptors (Lipinski definition) is 4. The summed E-state index contributed by atoms with van der Waals surface area (Å²) in [5.74, 6) is 1.24. The van der Waals surface area contributed by atoms with E-state index in [-0.39, 0.29) is 0 Å². The van der Waals surface area contributed by atoms with Crippen molar-refractivity contribution < 1.29 is 4.79 Å². The van der Waals surface area contributed by atoms with E-state index in [9.17, 15) is 4.79 Å². The second kappa shape index (κ2) is 8.45. The van der Waals surface area contributed by atoms with E-state index in [4.69, 9.17) is 0 Å². The monoisotopic (exact) mass is 434 g/mol. The third-order valence-corrected chi connectivity index (χ3v) is 6.84. The summed E-state index contributed by atoms with van der Waals surface area (Å²) >= 11 is 2.40. The molecule has 6 heteroatoms. The predicted octanol–water partition coefficient (Wildman–Crippen LogP) is 1.68. The molecular weight excluding hydrogens is 403 g/mol. The van der Waals surface area contributed by atoms with Gasteiger partial charge in [-0.15, -0.1) is 0 Å². The fraction of sp³-hybridized carbons (Fsp3) is 0.941. The summed E-state index contributed by atoms with van der Waals surface area (Å²) < 4.78 is 2.34. The van der Waals surface area contributed by atoms with Crippen molar-refractivity contribution in [1.82, 2.24) is 17.8 Å². The van der Waals surface area contributed by atoms with Gasteiger partial charge in [-0.05, 0) is 64.7 Å². The van der Waals surface area contributed by atoms with Crippen LogP contribution >= 0.6 is 22.9 Å². The van der Waals surface area contributed by atoms with Gasteiger partial charge >= 0.3 is 0 Å². The number of piperidine rings is 2. The Hall–Kier alpha value is 0.0800. The summed E-state index contributed by atoms with van der Waals surface area (Å²) in [5, 5.41) is 0. The molecule has 132 valence electrons. The number of carbonyl (C=O) groups excluding carboxylic acids is 1. The Morgan fingerprint density at radius 1 is 1.00 bits per heavy atom. The van der Waals surface area contributed by atoms with Gasteiger partial charge in [0.15, 0.2) is 0 Å². The highest BCUT2D eigenvalue weighted by Gasteiger charge is 2.31. The Kier molecular flexibility index (Phi) is 6.57. The number of likely N-dealkylation sites (tertiary alicyclic amines) is 1. The first-order chi connectivity index (χ1) is 11.1. The standard InChI is InChI=1S/C17H31IN4O/c1-19-7-2-15(3-8-19)4-9-20-12-13-22(17(23)14-20)16-5-10-21(18)11-6-16/h15-16H,2-14H2,1H3. The van der Waals surface area contributed by atoms with Crippen molar-refractivity contribution in [3.63, 3.8) is 0 Å². The Balaban J connectivity index is 1.39. The van der Waals surface area contributed by atoms with Crippen molar-refractivity contribution in [2.45, 2.75) is 38.1 Å². The quantitative estimate of drug-likeness (QED) is 0.498. The summed E-state index contributed by atoms with van der Waals surface area (Å²) in [6.07, 6.45) is 6.22. The number of piperazine rings is 1. The van der Waals surface area contributed by atoms with E-state index in [2.05, 4.69) is 47.7 Å². The van der Waals surface area contributed by atoms with Gasteiger partial charge in [0.1, 0.15) is 0 Å². The van der Waals surface area contributed by atoms with Crippen molar-refractivity contribution in [2.75, 3.05) is 59.4 Å². The van der Waals surface area contributed by atoms with Gasteiger partial charge in [-0.2, -0.15) is 0 Å². The molecule has 0 atom stereocenters. The lowest BCUT2D eigenvalue weighted by Gasteiger charge is -2.42. The maximum Gasteiger partial charge on any atom is 0.237 e. The molecule has 5 nitrogen and oxygen atoms in total. The van der Waals surface area contributed by atoms with Crippen molar-refractivity contribution in [3.05, 3.63) is 0 Å². The van der Waals surface area contributed by atoms with Crippen LogP contribution in [0.4, 0.5) is 0 Å². The zero-order chi connectivity index (χ0) is 16.2. The molecule has 3 aliphatic rings. The molecule has 3 fully saturated rings. The van der Waals surface area contributed by atoms with Crippen LogP contribution in [-0.4, -0.2) is 89.2 Å². The van der Waals surface area contributed by atoms with Gasteiger partial charge in [0, 0.05) is 55.1 Å². The van der Waals surface area contributed by atoms with Crippen LogP contribution < -0.4 is 0 Å². The Bertz CT molecular complexity index is 392. The molecule has 1 amide bonds. The van der Waals surface area contributed by atoms with Gasteiger partial charge in [-0.25, -0.2) is 3.11 Å². The lowest BCUT2D eigenvalue weighted by molar-refractivity contribution is -0.139. The first kappa shape index (κ1) is 17.9. The number of halogens is 1. The summed E-state index contributed by atoms with van der Waals surface area (Å²) in [4.78, 5) is 19.5. The van der Waals surface area contributed by atoms with Gasteiger partial charge in [0.2, 0.25) is 5.91 Å². The van der Waals surface area contributed by atoms with Crippen molar-refractivity contribution >= 4 is 28.8 Å². The van der Waals surface area contributed by atoms with Gasteiger partial charge < -0.3 is 9.80 Å². The molecule has 0 N–H and O–H groups in total. The first-order valence-electron chi connectivity index (χ1n) is 9.23. The molecule has 0 bridgehead atoms. The molecule has 0 unspecified atom stereocenters. The van der Waals surface area contributed by atoms with E-state index in [0.29, 0.717) is 18.5 Å². The van der Waals surface area contributed by atoms with E-state index >= 15 is 0 Å². The van der Waals surface area contributed by atoms with Crippen molar-refractivity contribution in [3.8, 4) is 0 Å². The van der Waals surface area contributed by atoms with Gasteiger partial charge in [0.25, 0.3) is 0 Å². The molecule has 0 aromatic heterocycles. The SMILES string of the molecule is CN1CCC(CCN2CCN(C3CCN(I)CC3)C(=O)C2)CC1. The minimum atomic E-state index is 0.367. The van der Waals surface area contributed by atoms with E-state index in [1.165, 1.54) is 32.4 Å². The van der Waals surface area contributed by atoms with Crippen LogP contribution in [0.5, 0.6) is 0 Å². The van der Waals surface area contributed by atoms with Crippen LogP contribution in [0.3, 0.4) is 0 Å². The third-order valence-electron chi connectivity index (χ3n) is 5.88. The van der Waals surface area contributed by atoms with Gasteiger partial charge in [0.05, 0.1) is 6.54 Å². The normalized spacial score (nSPS) is 27.7. The molecule has 0 saturated carbocycles. The zero-order valence-corrected chi connectivity index (χ0v) is 16.6. The number of amides is 1. The van der Waals surface area contributed by atoms with E-state index < -0.39 is 0 Å². The lowest BCUT2D eigenvalue weighted by Crippen LogP contribution is -2.55. The topological polar surface area (TPSA) is 30.0 Å². The average Bonchev–Trinajstić information content (AvgIpc) is 2.55. The number of nitrogens with zero attached hydrogens (tertiary/aromatic N) is 4. The first-order valence-corrected chi connectivity index (χ1v) is 10.2. The predicted molar refractivity (Wildman–Crippen MR) is 102 cm³/mol. The fourth-order valence-corrected chi connectivity index (χ4v) is 4.73. The van der Waals surface area contributed by atoms with Gasteiger partial charge in [-0.3, -0.25) is 9.69 Å². The van der Waals surface area contributed by atoms with Crippen LogP contribution in [-0.2, 0) is 4.79 Å². The minimum absolute atomic E-state index is 0.367. The highest BCUT2D eigenvalue weighted by Crippen LogP contribution is 2.23. The zero-order valence-electron chi connectivity index (χ0n) is 14.4. The fourth-order valence-electron chi connectivity index (χ4n) is 4.17. The maximum atomic E-state index is 12.5. The van der Waals surface area contributed by atoms with Gasteiger partial charge in [-0.1, -0.05) is 0 Å². The van der Waals surface area contributed by atoms with Crippen LogP contribution in [0.1, 0.15) is 32.1 Å². The molecule has 0 spiro atoms. The Labute approximate surface area is 154 Å². The Morgan fingerprint density at radius 3 is 2.35 bits per heavy atom. The second-order valence-electron chi connectivity index (χ2n) is 7.54. The number of carbonyl (C=O) groups is 1. The lowest BCUT2D eigenvalue weighted by atomic mass is 9.93. The average molecular weight is 434 g/mol. The Morgan fingerprint density at radius 2 is 1.70 bits per heavy atom. The third kappa shape index (κ3) is 5.03. The summed E-state index contributed by atoms with van der Waals surface area (Å²) in [5.41, 5.74) is 0. The smallest absolute Gasteiger partial charge is 0.237 e. The molecule has 3 heterocycles. The van der Waals surface area contributed by atoms with Crippen LogP contribution in [0.15, 0.2) is 0 Å². The molecule has 3 saturated heterocycles. The minimum Gasteiger partial charge on any atom is -0.337 e. The molecule has 3 aliphatic heterocycles.